The molecule has 0 aliphatic carbocycles. The van der Waals surface area contributed by atoms with Gasteiger partial charge in [0.2, 0.25) is 0 Å². The second-order valence-corrected chi connectivity index (χ2v) is 4.33. The summed E-state index contributed by atoms with van der Waals surface area (Å²) >= 11 is 0. The Hall–Kier alpha value is -2.28. The Kier molecular flexibility index (Phi) is 2.97. The number of allylic oxidation sites excluding steroid dienone is 1. The molecule has 0 N–H and O–H groups in total. The average Bonchev–Trinajstić information content (AvgIpc) is 2.89. The van der Waals surface area contributed by atoms with Crippen LogP contribution in [-0.2, 0) is 4.74 Å². The first-order chi connectivity index (χ1) is 8.92. The molecule has 0 bridgehead atoms. The summed E-state index contributed by atoms with van der Waals surface area (Å²) in [6.07, 6.45) is 4.80. The molecule has 1 nitrogen and oxygen atoms in total. The topological polar surface area (TPSA) is 9.23 Å². The number of rotatable bonds is 2. The van der Waals surface area contributed by atoms with E-state index in [2.05, 4.69) is 42.5 Å². The average molecular weight is 234 g/mol. The van der Waals surface area contributed by atoms with Crippen LogP contribution in [-0.4, -0.2) is 0 Å². The van der Waals surface area contributed by atoms with Gasteiger partial charge in [-0.3, -0.25) is 0 Å². The summed E-state index contributed by atoms with van der Waals surface area (Å²) in [6.45, 7) is 0. The molecule has 1 heterocycles. The predicted molar refractivity (Wildman–Crippen MR) is 74.5 cm³/mol. The van der Waals surface area contributed by atoms with Crippen LogP contribution < -0.4 is 0 Å². The third kappa shape index (κ3) is 2.35. The highest BCUT2D eigenvalue weighted by atomic mass is 16.5. The summed E-state index contributed by atoms with van der Waals surface area (Å²) in [4.78, 5) is 0. The van der Waals surface area contributed by atoms with Crippen molar-refractivity contribution in [3.8, 4) is 0 Å². The third-order valence-corrected chi connectivity index (χ3v) is 2.99. The van der Waals surface area contributed by atoms with Gasteiger partial charge in [-0.05, 0) is 17.2 Å². The minimum Gasteiger partial charge on any atom is -0.469 e. The van der Waals surface area contributed by atoms with Crippen LogP contribution in [0, 0.1) is 0 Å². The summed E-state index contributed by atoms with van der Waals surface area (Å²) in [5, 5.41) is 0. The Morgan fingerprint density at radius 3 is 2.22 bits per heavy atom. The summed E-state index contributed by atoms with van der Waals surface area (Å²) < 4.78 is 5.62. The summed E-state index contributed by atoms with van der Waals surface area (Å²) in [6, 6.07) is 20.6. The first kappa shape index (κ1) is 10.8. The first-order valence-electron chi connectivity index (χ1n) is 6.08. The van der Waals surface area contributed by atoms with Crippen molar-refractivity contribution in [2.45, 2.75) is 6.42 Å². The summed E-state index contributed by atoms with van der Waals surface area (Å²) in [7, 11) is 0. The van der Waals surface area contributed by atoms with E-state index in [9.17, 15) is 0 Å². The molecule has 88 valence electrons. The van der Waals surface area contributed by atoms with E-state index in [4.69, 9.17) is 4.74 Å². The largest absolute Gasteiger partial charge is 0.469 e. The molecule has 0 fully saturated rings. The van der Waals surface area contributed by atoms with Crippen molar-refractivity contribution >= 4 is 11.6 Å². The van der Waals surface area contributed by atoms with Gasteiger partial charge in [-0.25, -0.2) is 0 Å². The van der Waals surface area contributed by atoms with Crippen LogP contribution in [0.15, 0.2) is 72.7 Å². The first-order valence-corrected chi connectivity index (χ1v) is 6.08. The van der Waals surface area contributed by atoms with E-state index in [0.717, 1.165) is 12.2 Å². The quantitative estimate of drug-likeness (QED) is 0.744. The van der Waals surface area contributed by atoms with Crippen LogP contribution in [0.25, 0.3) is 11.6 Å². The molecule has 0 aromatic heterocycles. The van der Waals surface area contributed by atoms with Crippen molar-refractivity contribution < 1.29 is 4.74 Å². The van der Waals surface area contributed by atoms with Crippen molar-refractivity contribution in [2.24, 2.45) is 0 Å². The summed E-state index contributed by atoms with van der Waals surface area (Å²) in [5.41, 5.74) is 3.64. The minimum absolute atomic E-state index is 0.860. The van der Waals surface area contributed by atoms with Gasteiger partial charge in [-0.1, -0.05) is 60.7 Å². The number of ether oxygens (including phenoxy) is 1. The van der Waals surface area contributed by atoms with Crippen molar-refractivity contribution in [3.05, 3.63) is 83.8 Å². The molecule has 1 heteroatoms. The lowest BCUT2D eigenvalue weighted by molar-refractivity contribution is 0.372. The highest BCUT2D eigenvalue weighted by Crippen LogP contribution is 2.30. The van der Waals surface area contributed by atoms with Gasteiger partial charge in [0.15, 0.2) is 0 Å². The molecule has 3 rings (SSSR count). The Labute approximate surface area is 107 Å². The van der Waals surface area contributed by atoms with Gasteiger partial charge < -0.3 is 4.74 Å². The second kappa shape index (κ2) is 4.92. The lowest BCUT2D eigenvalue weighted by Crippen LogP contribution is -1.81. The van der Waals surface area contributed by atoms with E-state index in [1.54, 1.807) is 0 Å². The van der Waals surface area contributed by atoms with Gasteiger partial charge in [-0.15, -0.1) is 0 Å². The molecule has 0 atom stereocenters. The highest BCUT2D eigenvalue weighted by molar-refractivity contribution is 5.70. The Bertz CT molecular complexity index is 580. The van der Waals surface area contributed by atoms with E-state index < -0.39 is 0 Å². The van der Waals surface area contributed by atoms with Gasteiger partial charge in [0.1, 0.15) is 5.76 Å². The molecule has 0 saturated heterocycles. The van der Waals surface area contributed by atoms with E-state index in [1.165, 1.54) is 16.7 Å². The van der Waals surface area contributed by atoms with Crippen LogP contribution in [0.4, 0.5) is 0 Å². The van der Waals surface area contributed by atoms with Crippen LogP contribution in [0.5, 0.6) is 0 Å². The molecular formula is C17H14O. The molecule has 18 heavy (non-hydrogen) atoms. The zero-order chi connectivity index (χ0) is 12.2. The van der Waals surface area contributed by atoms with Crippen molar-refractivity contribution in [2.75, 3.05) is 0 Å². The Morgan fingerprint density at radius 2 is 1.50 bits per heavy atom. The molecule has 0 amide bonds. The lowest BCUT2D eigenvalue weighted by atomic mass is 10.0. The molecule has 2 aromatic carbocycles. The molecule has 0 unspecified atom stereocenters. The molecule has 0 radical (unpaired) electrons. The Balaban J connectivity index is 1.77. The number of hydrogen-bond acceptors (Lipinski definition) is 1. The molecule has 0 spiro atoms. The standard InChI is InChI=1S/C17H14O/c1-3-7-14(8-4-1)11-17-12-16(13-18-17)15-9-5-2-6-10-15/h1-11,13H,12H2. The van der Waals surface area contributed by atoms with Crippen molar-refractivity contribution in [3.63, 3.8) is 0 Å². The molecule has 1 aliphatic rings. The zero-order valence-corrected chi connectivity index (χ0v) is 10.0. The molecular weight excluding hydrogens is 220 g/mol. The van der Waals surface area contributed by atoms with Crippen molar-refractivity contribution in [1.82, 2.24) is 0 Å². The van der Waals surface area contributed by atoms with Crippen LogP contribution in [0.3, 0.4) is 0 Å². The molecule has 0 saturated carbocycles. The maximum Gasteiger partial charge on any atom is 0.108 e. The van der Waals surface area contributed by atoms with Crippen molar-refractivity contribution in [1.29, 1.82) is 0 Å². The second-order valence-electron chi connectivity index (χ2n) is 4.33. The fraction of sp³-hybridized carbons (Fsp3) is 0.0588. The van der Waals surface area contributed by atoms with Crippen LogP contribution >= 0.6 is 0 Å². The van der Waals surface area contributed by atoms with Gasteiger partial charge in [0, 0.05) is 12.0 Å². The lowest BCUT2D eigenvalue weighted by Gasteiger charge is -1.99. The van der Waals surface area contributed by atoms with Crippen LogP contribution in [0.2, 0.25) is 0 Å². The van der Waals surface area contributed by atoms with E-state index >= 15 is 0 Å². The molecule has 2 aromatic rings. The Morgan fingerprint density at radius 1 is 0.833 bits per heavy atom. The fourth-order valence-electron chi connectivity index (χ4n) is 2.06. The van der Waals surface area contributed by atoms with Gasteiger partial charge in [0.25, 0.3) is 0 Å². The van der Waals surface area contributed by atoms with E-state index in [-0.39, 0.29) is 0 Å². The normalized spacial score (nSPS) is 16.4. The number of hydrogen-bond donors (Lipinski definition) is 0. The van der Waals surface area contributed by atoms with Gasteiger partial charge in [-0.2, -0.15) is 0 Å². The third-order valence-electron chi connectivity index (χ3n) is 2.99. The smallest absolute Gasteiger partial charge is 0.108 e. The maximum atomic E-state index is 5.62. The molecule has 1 aliphatic heterocycles. The number of benzene rings is 2. The van der Waals surface area contributed by atoms with E-state index in [1.807, 2.05) is 30.5 Å². The SMILES string of the molecule is C(=C1CC(c2ccccc2)=CO1)c1ccccc1. The van der Waals surface area contributed by atoms with Crippen LogP contribution in [0.1, 0.15) is 17.5 Å². The predicted octanol–water partition coefficient (Wildman–Crippen LogP) is 4.49. The van der Waals surface area contributed by atoms with Gasteiger partial charge in [0.05, 0.1) is 6.26 Å². The summed E-state index contributed by atoms with van der Waals surface area (Å²) in [5.74, 6) is 1.00. The fourth-order valence-corrected chi connectivity index (χ4v) is 2.06. The minimum atomic E-state index is 0.860. The highest BCUT2D eigenvalue weighted by Gasteiger charge is 2.13. The van der Waals surface area contributed by atoms with E-state index in [0.29, 0.717) is 0 Å². The zero-order valence-electron chi connectivity index (χ0n) is 10.0. The maximum absolute atomic E-state index is 5.62. The van der Waals surface area contributed by atoms with Gasteiger partial charge >= 0.3 is 0 Å². The monoisotopic (exact) mass is 234 g/mol.